The lowest BCUT2D eigenvalue weighted by molar-refractivity contribution is 0.764. The normalized spacial score (nSPS) is 9.62. The smallest absolute Gasteiger partial charge is 0.119 e. The van der Waals surface area contributed by atoms with Crippen LogP contribution >= 0.6 is 11.6 Å². The Morgan fingerprint density at radius 1 is 1.38 bits per heavy atom. The van der Waals surface area contributed by atoms with Gasteiger partial charge in [0.15, 0.2) is 0 Å². The number of hydrogen-bond donors (Lipinski definition) is 0. The fourth-order valence-electron chi connectivity index (χ4n) is 0.435. The van der Waals surface area contributed by atoms with Crippen LogP contribution in [0, 0.1) is 0 Å². The van der Waals surface area contributed by atoms with Crippen LogP contribution in [0.25, 0.3) is 0 Å². The Morgan fingerprint density at radius 3 is 2.50 bits per heavy atom. The maximum atomic E-state index is 5.42. The zero-order valence-electron chi connectivity index (χ0n) is 4.29. The molecule has 0 aliphatic rings. The van der Waals surface area contributed by atoms with E-state index in [2.05, 4.69) is 10.2 Å². The number of aryl methyl sites for hydroxylation is 1. The van der Waals surface area contributed by atoms with Gasteiger partial charge >= 0.3 is 0 Å². The zero-order valence-corrected chi connectivity index (χ0v) is 5.04. The molecule has 0 saturated carbocycles. The molecule has 44 valence electrons. The van der Waals surface area contributed by atoms with E-state index in [1.165, 1.54) is 0 Å². The first-order valence-electron chi connectivity index (χ1n) is 2.32. The van der Waals surface area contributed by atoms with Crippen molar-refractivity contribution in [3.05, 3.63) is 12.7 Å². The van der Waals surface area contributed by atoms with E-state index in [-0.39, 0.29) is 0 Å². The monoisotopic (exact) mass is 131 g/mol. The van der Waals surface area contributed by atoms with Crippen LogP contribution in [-0.4, -0.2) is 20.6 Å². The molecule has 1 aromatic rings. The molecule has 0 bridgehead atoms. The highest BCUT2D eigenvalue weighted by Gasteiger charge is 1.84. The highest BCUT2D eigenvalue weighted by Crippen LogP contribution is 1.83. The van der Waals surface area contributed by atoms with Gasteiger partial charge in [-0.05, 0) is 0 Å². The van der Waals surface area contributed by atoms with E-state index in [9.17, 15) is 0 Å². The molecule has 3 nitrogen and oxygen atoms in total. The average Bonchev–Trinajstić information content (AvgIpc) is 2.19. The standard InChI is InChI=1S/C4H6ClN3/c5-1-2-8-3-6-7-4-8/h3-4H,1-2H2. The largest absolute Gasteiger partial charge is 0.319 e. The molecule has 0 saturated heterocycles. The molecule has 4 heteroatoms. The number of aromatic nitrogens is 3. The number of hydrogen-bond acceptors (Lipinski definition) is 2. The minimum atomic E-state index is 0.609. The summed E-state index contributed by atoms with van der Waals surface area (Å²) < 4.78 is 1.83. The minimum Gasteiger partial charge on any atom is -0.319 e. The van der Waals surface area contributed by atoms with Gasteiger partial charge in [-0.25, -0.2) is 0 Å². The molecule has 0 aromatic carbocycles. The summed E-state index contributed by atoms with van der Waals surface area (Å²) in [6.45, 7) is 0.786. The molecular formula is C4H6ClN3. The zero-order chi connectivity index (χ0) is 5.82. The Labute approximate surface area is 52.3 Å². The van der Waals surface area contributed by atoms with Gasteiger partial charge in [-0.15, -0.1) is 21.8 Å². The molecule has 0 atom stereocenters. The highest BCUT2D eigenvalue weighted by atomic mass is 35.5. The van der Waals surface area contributed by atoms with Crippen molar-refractivity contribution in [2.45, 2.75) is 6.54 Å². The number of alkyl halides is 1. The van der Waals surface area contributed by atoms with Gasteiger partial charge in [0.05, 0.1) is 0 Å². The summed E-state index contributed by atoms with van der Waals surface area (Å²) in [5, 5.41) is 7.19. The summed E-state index contributed by atoms with van der Waals surface area (Å²) >= 11 is 5.42. The van der Waals surface area contributed by atoms with Crippen LogP contribution in [0.5, 0.6) is 0 Å². The summed E-state index contributed by atoms with van der Waals surface area (Å²) in [7, 11) is 0. The van der Waals surface area contributed by atoms with Crippen LogP contribution in [0.2, 0.25) is 0 Å². The van der Waals surface area contributed by atoms with E-state index in [1.807, 2.05) is 4.57 Å². The molecule has 0 N–H and O–H groups in total. The number of nitrogens with zero attached hydrogens (tertiary/aromatic N) is 3. The predicted octanol–water partition coefficient (Wildman–Crippen LogP) is 0.517. The Morgan fingerprint density at radius 2 is 2.00 bits per heavy atom. The molecule has 0 radical (unpaired) electrons. The average molecular weight is 132 g/mol. The summed E-state index contributed by atoms with van der Waals surface area (Å²) in [6.07, 6.45) is 3.28. The van der Waals surface area contributed by atoms with Crippen molar-refractivity contribution in [1.82, 2.24) is 14.8 Å². The van der Waals surface area contributed by atoms with Crippen molar-refractivity contribution in [2.24, 2.45) is 0 Å². The molecule has 8 heavy (non-hydrogen) atoms. The molecule has 1 aromatic heterocycles. The van der Waals surface area contributed by atoms with Gasteiger partial charge in [-0.3, -0.25) is 0 Å². The fraction of sp³-hybridized carbons (Fsp3) is 0.500. The summed E-state index contributed by atoms with van der Waals surface area (Å²) in [4.78, 5) is 0. The summed E-state index contributed by atoms with van der Waals surface area (Å²) in [5.41, 5.74) is 0. The highest BCUT2D eigenvalue weighted by molar-refractivity contribution is 6.17. The van der Waals surface area contributed by atoms with Gasteiger partial charge < -0.3 is 4.57 Å². The Bertz CT molecular complexity index is 137. The first-order chi connectivity index (χ1) is 3.93. The first-order valence-corrected chi connectivity index (χ1v) is 2.85. The third kappa shape index (κ3) is 1.20. The second-order valence-corrected chi connectivity index (χ2v) is 1.77. The second-order valence-electron chi connectivity index (χ2n) is 1.39. The van der Waals surface area contributed by atoms with Crippen molar-refractivity contribution < 1.29 is 0 Å². The molecule has 0 spiro atoms. The van der Waals surface area contributed by atoms with Crippen molar-refractivity contribution >= 4 is 11.6 Å². The SMILES string of the molecule is ClCCn1cnnc1. The quantitative estimate of drug-likeness (QED) is 0.548. The molecule has 0 aliphatic heterocycles. The second kappa shape index (κ2) is 2.67. The van der Waals surface area contributed by atoms with Gasteiger partial charge in [0.1, 0.15) is 12.7 Å². The summed E-state index contributed by atoms with van der Waals surface area (Å²) in [6, 6.07) is 0. The van der Waals surface area contributed by atoms with E-state index < -0.39 is 0 Å². The Hall–Kier alpha value is -0.570. The van der Waals surface area contributed by atoms with Crippen molar-refractivity contribution in [2.75, 3.05) is 5.88 Å². The van der Waals surface area contributed by atoms with Crippen LogP contribution in [0.3, 0.4) is 0 Å². The fourth-order valence-corrected chi connectivity index (χ4v) is 0.630. The van der Waals surface area contributed by atoms with Crippen LogP contribution < -0.4 is 0 Å². The van der Waals surface area contributed by atoms with E-state index in [4.69, 9.17) is 11.6 Å². The van der Waals surface area contributed by atoms with E-state index in [0.717, 1.165) is 6.54 Å². The minimum absolute atomic E-state index is 0.609. The molecule has 0 amide bonds. The molecule has 0 fully saturated rings. The lowest BCUT2D eigenvalue weighted by Crippen LogP contribution is -1.93. The molecule has 1 heterocycles. The third-order valence-corrected chi connectivity index (χ3v) is 0.978. The van der Waals surface area contributed by atoms with Crippen LogP contribution in [0.4, 0.5) is 0 Å². The Balaban J connectivity index is 2.50. The van der Waals surface area contributed by atoms with E-state index in [1.54, 1.807) is 12.7 Å². The maximum absolute atomic E-state index is 5.42. The third-order valence-electron chi connectivity index (χ3n) is 0.809. The summed E-state index contributed by atoms with van der Waals surface area (Å²) in [5.74, 6) is 0.609. The number of halogens is 1. The van der Waals surface area contributed by atoms with E-state index in [0.29, 0.717) is 5.88 Å². The van der Waals surface area contributed by atoms with Crippen LogP contribution in [0.15, 0.2) is 12.7 Å². The van der Waals surface area contributed by atoms with Crippen LogP contribution in [-0.2, 0) is 6.54 Å². The van der Waals surface area contributed by atoms with Gasteiger partial charge in [0.2, 0.25) is 0 Å². The van der Waals surface area contributed by atoms with Gasteiger partial charge in [-0.2, -0.15) is 0 Å². The maximum Gasteiger partial charge on any atom is 0.119 e. The first kappa shape index (κ1) is 5.56. The van der Waals surface area contributed by atoms with Gasteiger partial charge in [0.25, 0.3) is 0 Å². The van der Waals surface area contributed by atoms with Crippen LogP contribution in [0.1, 0.15) is 0 Å². The topological polar surface area (TPSA) is 30.7 Å². The van der Waals surface area contributed by atoms with Crippen molar-refractivity contribution in [1.29, 1.82) is 0 Å². The molecular weight excluding hydrogens is 126 g/mol. The Kier molecular flexibility index (Phi) is 1.86. The van der Waals surface area contributed by atoms with Crippen molar-refractivity contribution in [3.8, 4) is 0 Å². The lowest BCUT2D eigenvalue weighted by Gasteiger charge is -1.90. The molecule has 0 aliphatic carbocycles. The predicted molar refractivity (Wildman–Crippen MR) is 30.7 cm³/mol. The van der Waals surface area contributed by atoms with Gasteiger partial charge in [0, 0.05) is 12.4 Å². The molecule has 0 unspecified atom stereocenters. The van der Waals surface area contributed by atoms with Gasteiger partial charge in [-0.1, -0.05) is 0 Å². The van der Waals surface area contributed by atoms with E-state index >= 15 is 0 Å². The molecule has 1 rings (SSSR count). The van der Waals surface area contributed by atoms with Crippen molar-refractivity contribution in [3.63, 3.8) is 0 Å². The number of rotatable bonds is 2. The lowest BCUT2D eigenvalue weighted by atomic mass is 10.7.